The Labute approximate surface area is 106 Å². The summed E-state index contributed by atoms with van der Waals surface area (Å²) in [6.07, 6.45) is -1.16. The monoisotopic (exact) mass is 268 g/mol. The second-order valence-corrected chi connectivity index (χ2v) is 5.11. The summed E-state index contributed by atoms with van der Waals surface area (Å²) in [5, 5.41) is 12.4. The van der Waals surface area contributed by atoms with Crippen LogP contribution in [0.1, 0.15) is 32.6 Å². The minimum atomic E-state index is -4.09. The minimum Gasteiger partial charge on any atom is -0.393 e. The van der Waals surface area contributed by atoms with Gasteiger partial charge in [0.15, 0.2) is 0 Å². The number of likely N-dealkylation sites (tertiary alicyclic amines) is 1. The Morgan fingerprint density at radius 3 is 2.44 bits per heavy atom. The van der Waals surface area contributed by atoms with E-state index in [-0.39, 0.29) is 6.10 Å². The van der Waals surface area contributed by atoms with E-state index in [1.54, 1.807) is 6.92 Å². The van der Waals surface area contributed by atoms with Crippen LogP contribution in [0.3, 0.4) is 0 Å². The van der Waals surface area contributed by atoms with Gasteiger partial charge in [-0.15, -0.1) is 0 Å². The number of rotatable bonds is 6. The standard InChI is InChI=1S/C12H23F3N2O/c1-10(18)3-2-6-16-11-4-7-17(8-5-11)9-12(13,14)15/h10-11,16,18H,2-9H2,1H3. The summed E-state index contributed by atoms with van der Waals surface area (Å²) in [6.45, 7) is 2.81. The van der Waals surface area contributed by atoms with E-state index < -0.39 is 12.7 Å². The summed E-state index contributed by atoms with van der Waals surface area (Å²) in [5.74, 6) is 0. The molecule has 108 valence electrons. The molecule has 1 heterocycles. The third kappa shape index (κ3) is 7.18. The normalized spacial score (nSPS) is 21.2. The molecule has 0 radical (unpaired) electrons. The molecule has 1 fully saturated rings. The maximum Gasteiger partial charge on any atom is 0.401 e. The SMILES string of the molecule is CC(O)CCCNC1CCN(CC(F)(F)F)CC1. The van der Waals surface area contributed by atoms with Gasteiger partial charge in [0.05, 0.1) is 12.6 Å². The Bertz CT molecular complexity index is 226. The number of nitrogens with zero attached hydrogens (tertiary/aromatic N) is 1. The smallest absolute Gasteiger partial charge is 0.393 e. The van der Waals surface area contributed by atoms with Crippen LogP contribution in [-0.2, 0) is 0 Å². The van der Waals surface area contributed by atoms with Gasteiger partial charge in [-0.2, -0.15) is 13.2 Å². The second kappa shape index (κ2) is 7.31. The van der Waals surface area contributed by atoms with E-state index in [2.05, 4.69) is 5.32 Å². The Hall–Kier alpha value is -0.330. The van der Waals surface area contributed by atoms with Gasteiger partial charge in [-0.3, -0.25) is 4.90 Å². The molecule has 0 aromatic heterocycles. The van der Waals surface area contributed by atoms with Crippen molar-refractivity contribution >= 4 is 0 Å². The van der Waals surface area contributed by atoms with Crippen LogP contribution in [0.5, 0.6) is 0 Å². The highest BCUT2D eigenvalue weighted by atomic mass is 19.4. The van der Waals surface area contributed by atoms with Gasteiger partial charge in [-0.1, -0.05) is 0 Å². The predicted molar refractivity (Wildman–Crippen MR) is 64.4 cm³/mol. The maximum atomic E-state index is 12.2. The van der Waals surface area contributed by atoms with Crippen molar-refractivity contribution in [1.82, 2.24) is 10.2 Å². The van der Waals surface area contributed by atoms with Gasteiger partial charge in [0.25, 0.3) is 0 Å². The highest BCUT2D eigenvalue weighted by molar-refractivity contribution is 4.78. The Kier molecular flexibility index (Phi) is 6.38. The van der Waals surface area contributed by atoms with Crippen LogP contribution in [-0.4, -0.2) is 54.5 Å². The fourth-order valence-electron chi connectivity index (χ4n) is 2.25. The lowest BCUT2D eigenvalue weighted by Gasteiger charge is -2.32. The zero-order valence-electron chi connectivity index (χ0n) is 10.8. The zero-order valence-corrected chi connectivity index (χ0v) is 10.8. The minimum absolute atomic E-state index is 0.277. The molecular formula is C12H23F3N2O. The molecule has 0 aliphatic carbocycles. The molecule has 1 saturated heterocycles. The number of alkyl halides is 3. The lowest BCUT2D eigenvalue weighted by Crippen LogP contribution is -2.45. The van der Waals surface area contributed by atoms with Crippen molar-refractivity contribution in [2.24, 2.45) is 0 Å². The van der Waals surface area contributed by atoms with Gasteiger partial charge in [-0.05, 0) is 52.2 Å². The summed E-state index contributed by atoms with van der Waals surface area (Å²) in [6, 6.07) is 0.323. The first-order valence-corrected chi connectivity index (χ1v) is 6.57. The molecular weight excluding hydrogens is 245 g/mol. The van der Waals surface area contributed by atoms with Crippen molar-refractivity contribution < 1.29 is 18.3 Å². The number of aliphatic hydroxyl groups is 1. The van der Waals surface area contributed by atoms with Gasteiger partial charge in [0.1, 0.15) is 0 Å². The third-order valence-corrected chi connectivity index (χ3v) is 3.22. The molecule has 1 unspecified atom stereocenters. The van der Waals surface area contributed by atoms with E-state index >= 15 is 0 Å². The first-order valence-electron chi connectivity index (χ1n) is 6.57. The van der Waals surface area contributed by atoms with Crippen molar-refractivity contribution in [3.63, 3.8) is 0 Å². The van der Waals surface area contributed by atoms with Gasteiger partial charge in [-0.25, -0.2) is 0 Å². The van der Waals surface area contributed by atoms with E-state index in [0.29, 0.717) is 19.1 Å². The molecule has 1 atom stereocenters. The van der Waals surface area contributed by atoms with Crippen molar-refractivity contribution in [1.29, 1.82) is 0 Å². The number of hydrogen-bond donors (Lipinski definition) is 2. The Balaban J connectivity index is 2.08. The van der Waals surface area contributed by atoms with Gasteiger partial charge < -0.3 is 10.4 Å². The number of nitrogens with one attached hydrogen (secondary N) is 1. The average Bonchev–Trinajstić information content (AvgIpc) is 2.24. The lowest BCUT2D eigenvalue weighted by molar-refractivity contribution is -0.148. The molecule has 0 aromatic rings. The van der Waals surface area contributed by atoms with E-state index in [0.717, 1.165) is 32.2 Å². The van der Waals surface area contributed by atoms with Crippen LogP contribution < -0.4 is 5.32 Å². The van der Waals surface area contributed by atoms with Crippen LogP contribution in [0.4, 0.5) is 13.2 Å². The molecule has 0 bridgehead atoms. The Morgan fingerprint density at radius 1 is 1.33 bits per heavy atom. The highest BCUT2D eigenvalue weighted by Gasteiger charge is 2.32. The molecule has 0 amide bonds. The predicted octanol–water partition coefficient (Wildman–Crippen LogP) is 1.76. The summed E-state index contributed by atoms with van der Waals surface area (Å²) in [4.78, 5) is 1.47. The third-order valence-electron chi connectivity index (χ3n) is 3.22. The van der Waals surface area contributed by atoms with E-state index in [1.807, 2.05) is 0 Å². The van der Waals surface area contributed by atoms with Crippen LogP contribution >= 0.6 is 0 Å². The molecule has 1 aliphatic rings. The Morgan fingerprint density at radius 2 is 1.94 bits per heavy atom. The number of piperidine rings is 1. The van der Waals surface area contributed by atoms with Crippen LogP contribution in [0.25, 0.3) is 0 Å². The van der Waals surface area contributed by atoms with E-state index in [1.165, 1.54) is 4.90 Å². The first-order chi connectivity index (χ1) is 8.37. The van der Waals surface area contributed by atoms with E-state index in [4.69, 9.17) is 5.11 Å². The molecule has 0 spiro atoms. The van der Waals surface area contributed by atoms with Gasteiger partial charge in [0.2, 0.25) is 0 Å². The number of aliphatic hydroxyl groups excluding tert-OH is 1. The van der Waals surface area contributed by atoms with Crippen molar-refractivity contribution in [3.8, 4) is 0 Å². The number of hydrogen-bond acceptors (Lipinski definition) is 3. The summed E-state index contributed by atoms with van der Waals surface area (Å²) >= 11 is 0. The molecule has 0 aromatic carbocycles. The number of halogens is 3. The second-order valence-electron chi connectivity index (χ2n) is 5.11. The van der Waals surface area contributed by atoms with Crippen LogP contribution in [0.2, 0.25) is 0 Å². The molecule has 3 nitrogen and oxygen atoms in total. The van der Waals surface area contributed by atoms with Gasteiger partial charge >= 0.3 is 6.18 Å². The van der Waals surface area contributed by atoms with E-state index in [9.17, 15) is 13.2 Å². The van der Waals surface area contributed by atoms with Crippen molar-refractivity contribution in [2.75, 3.05) is 26.2 Å². The quantitative estimate of drug-likeness (QED) is 0.721. The maximum absolute atomic E-state index is 12.2. The molecule has 0 saturated carbocycles. The molecule has 1 aliphatic heterocycles. The lowest BCUT2D eigenvalue weighted by atomic mass is 10.0. The van der Waals surface area contributed by atoms with Crippen molar-refractivity contribution in [2.45, 2.75) is 50.9 Å². The van der Waals surface area contributed by atoms with Crippen LogP contribution in [0, 0.1) is 0 Å². The molecule has 18 heavy (non-hydrogen) atoms. The molecule has 2 N–H and O–H groups in total. The van der Waals surface area contributed by atoms with Crippen LogP contribution in [0.15, 0.2) is 0 Å². The summed E-state index contributed by atoms with van der Waals surface area (Å²) in [5.41, 5.74) is 0. The topological polar surface area (TPSA) is 35.5 Å². The fourth-order valence-corrected chi connectivity index (χ4v) is 2.25. The zero-order chi connectivity index (χ0) is 13.6. The van der Waals surface area contributed by atoms with Gasteiger partial charge in [0, 0.05) is 6.04 Å². The van der Waals surface area contributed by atoms with Crippen molar-refractivity contribution in [3.05, 3.63) is 0 Å². The fraction of sp³-hybridized carbons (Fsp3) is 1.00. The molecule has 6 heteroatoms. The summed E-state index contributed by atoms with van der Waals surface area (Å²) in [7, 11) is 0. The largest absolute Gasteiger partial charge is 0.401 e. The molecule has 1 rings (SSSR count). The summed E-state index contributed by atoms with van der Waals surface area (Å²) < 4.78 is 36.5. The highest BCUT2D eigenvalue weighted by Crippen LogP contribution is 2.19. The average molecular weight is 268 g/mol. The first kappa shape index (κ1) is 15.7.